The van der Waals surface area contributed by atoms with Gasteiger partial charge >= 0.3 is 0 Å². The lowest BCUT2D eigenvalue weighted by Gasteiger charge is -2.26. The number of nitrogens with zero attached hydrogens (tertiary/aromatic N) is 2. The molecule has 1 aromatic heterocycles. The zero-order valence-corrected chi connectivity index (χ0v) is 19.3. The van der Waals surface area contributed by atoms with Crippen molar-refractivity contribution in [2.24, 2.45) is 0 Å². The molecule has 4 rings (SSSR count). The predicted molar refractivity (Wildman–Crippen MR) is 129 cm³/mol. The largest absolute Gasteiger partial charge is 0.332 e. The second-order valence-corrected chi connectivity index (χ2v) is 10.7. The van der Waals surface area contributed by atoms with Crippen molar-refractivity contribution in [3.05, 3.63) is 99.6 Å². The molecule has 0 N–H and O–H groups in total. The van der Waals surface area contributed by atoms with Crippen LogP contribution in [0.3, 0.4) is 0 Å². The standard InChI is InChI=1S/C25H26N2O3S2/c28-25(26(19-24-12-7-16-31-24)18-22-10-5-2-6-11-22)20-27(23-13-14-23)32(29,30)17-15-21-8-3-1-4-9-21/h1-12,15-17,23H,13-14,18-20H2. The molecule has 32 heavy (non-hydrogen) atoms. The Morgan fingerprint density at radius 2 is 1.62 bits per heavy atom. The van der Waals surface area contributed by atoms with Crippen LogP contribution in [0.4, 0.5) is 0 Å². The molecule has 2 aromatic carbocycles. The van der Waals surface area contributed by atoms with Crippen molar-refractivity contribution in [2.45, 2.75) is 32.0 Å². The number of amides is 1. The molecule has 0 bridgehead atoms. The zero-order chi connectivity index (χ0) is 22.4. The molecule has 1 heterocycles. The van der Waals surface area contributed by atoms with Gasteiger partial charge in [0.05, 0.1) is 13.1 Å². The lowest BCUT2D eigenvalue weighted by Crippen LogP contribution is -2.42. The van der Waals surface area contributed by atoms with Crippen LogP contribution in [0, 0.1) is 0 Å². The van der Waals surface area contributed by atoms with Gasteiger partial charge in [-0.1, -0.05) is 66.7 Å². The van der Waals surface area contributed by atoms with E-state index in [1.807, 2.05) is 78.2 Å². The first-order chi connectivity index (χ1) is 15.5. The van der Waals surface area contributed by atoms with E-state index in [9.17, 15) is 13.2 Å². The summed E-state index contributed by atoms with van der Waals surface area (Å²) in [5.74, 6) is -0.189. The van der Waals surface area contributed by atoms with Gasteiger partial charge in [0.25, 0.3) is 0 Å². The van der Waals surface area contributed by atoms with Gasteiger partial charge in [-0.05, 0) is 41.5 Å². The Hall–Kier alpha value is -2.74. The Labute approximate surface area is 193 Å². The third-order valence-electron chi connectivity index (χ3n) is 5.30. The van der Waals surface area contributed by atoms with Crippen LogP contribution in [-0.4, -0.2) is 36.1 Å². The summed E-state index contributed by atoms with van der Waals surface area (Å²) in [5.41, 5.74) is 1.82. The van der Waals surface area contributed by atoms with E-state index in [-0.39, 0.29) is 18.5 Å². The average Bonchev–Trinajstić information content (AvgIpc) is 3.51. The summed E-state index contributed by atoms with van der Waals surface area (Å²) in [5, 5.41) is 3.20. The second kappa shape index (κ2) is 10.3. The molecule has 1 aliphatic rings. The van der Waals surface area contributed by atoms with E-state index in [0.29, 0.717) is 13.1 Å². The fourth-order valence-corrected chi connectivity index (χ4v) is 5.58. The van der Waals surface area contributed by atoms with Gasteiger partial charge in [0.15, 0.2) is 0 Å². The van der Waals surface area contributed by atoms with Crippen molar-refractivity contribution >= 4 is 33.3 Å². The van der Waals surface area contributed by atoms with Gasteiger partial charge in [0.1, 0.15) is 0 Å². The molecule has 1 aliphatic carbocycles. The summed E-state index contributed by atoms with van der Waals surface area (Å²) in [6, 6.07) is 22.9. The summed E-state index contributed by atoms with van der Waals surface area (Å²) >= 11 is 1.59. The van der Waals surface area contributed by atoms with Crippen LogP contribution in [-0.2, 0) is 27.9 Å². The summed E-state index contributed by atoms with van der Waals surface area (Å²) in [7, 11) is -3.71. The van der Waals surface area contributed by atoms with Gasteiger partial charge in [-0.15, -0.1) is 11.3 Å². The van der Waals surface area contributed by atoms with E-state index in [1.54, 1.807) is 22.3 Å². The highest BCUT2D eigenvalue weighted by molar-refractivity contribution is 7.92. The van der Waals surface area contributed by atoms with E-state index < -0.39 is 10.0 Å². The highest BCUT2D eigenvalue weighted by atomic mass is 32.2. The predicted octanol–water partition coefficient (Wildman–Crippen LogP) is 4.74. The molecule has 7 heteroatoms. The number of rotatable bonds is 10. The smallest absolute Gasteiger partial charge is 0.238 e. The molecule has 1 saturated carbocycles. The Kier molecular flexibility index (Phi) is 7.19. The first kappa shape index (κ1) is 22.5. The second-order valence-electron chi connectivity index (χ2n) is 7.85. The van der Waals surface area contributed by atoms with Crippen molar-refractivity contribution in [1.29, 1.82) is 0 Å². The fraction of sp³-hybridized carbons (Fsp3) is 0.240. The Balaban J connectivity index is 1.52. The Morgan fingerprint density at radius 3 is 2.25 bits per heavy atom. The van der Waals surface area contributed by atoms with Gasteiger partial charge < -0.3 is 4.90 Å². The first-order valence-electron chi connectivity index (χ1n) is 10.6. The highest BCUT2D eigenvalue weighted by Gasteiger charge is 2.38. The SMILES string of the molecule is O=C(CN(C1CC1)S(=O)(=O)C=Cc1ccccc1)N(Cc1ccccc1)Cc1cccs1. The maximum atomic E-state index is 13.3. The third kappa shape index (κ3) is 6.16. The number of sulfonamides is 1. The van der Waals surface area contributed by atoms with Crippen molar-refractivity contribution in [3.63, 3.8) is 0 Å². The molecule has 0 aliphatic heterocycles. The van der Waals surface area contributed by atoms with E-state index in [2.05, 4.69) is 0 Å². The maximum absolute atomic E-state index is 13.3. The molecule has 1 fully saturated rings. The minimum Gasteiger partial charge on any atom is -0.332 e. The van der Waals surface area contributed by atoms with Gasteiger partial charge in [-0.25, -0.2) is 8.42 Å². The maximum Gasteiger partial charge on any atom is 0.238 e. The fourth-order valence-electron chi connectivity index (χ4n) is 3.46. The van der Waals surface area contributed by atoms with Crippen LogP contribution in [0.1, 0.15) is 28.8 Å². The number of hydrogen-bond acceptors (Lipinski definition) is 4. The van der Waals surface area contributed by atoms with Crippen LogP contribution in [0.5, 0.6) is 0 Å². The van der Waals surface area contributed by atoms with Gasteiger partial charge in [0, 0.05) is 22.9 Å². The number of carbonyl (C=O) groups is 1. The lowest BCUT2D eigenvalue weighted by atomic mass is 10.2. The van der Waals surface area contributed by atoms with Crippen LogP contribution in [0.25, 0.3) is 6.08 Å². The zero-order valence-electron chi connectivity index (χ0n) is 17.7. The minimum atomic E-state index is -3.71. The number of carbonyl (C=O) groups excluding carboxylic acids is 1. The number of thiophene rings is 1. The Morgan fingerprint density at radius 1 is 0.938 bits per heavy atom. The highest BCUT2D eigenvalue weighted by Crippen LogP contribution is 2.30. The van der Waals surface area contributed by atoms with Crippen LogP contribution in [0.2, 0.25) is 0 Å². The van der Waals surface area contributed by atoms with Crippen molar-refractivity contribution in [2.75, 3.05) is 6.54 Å². The molecule has 0 radical (unpaired) electrons. The van der Waals surface area contributed by atoms with Gasteiger partial charge in [0.2, 0.25) is 15.9 Å². The van der Waals surface area contributed by atoms with E-state index in [0.717, 1.165) is 28.8 Å². The van der Waals surface area contributed by atoms with Crippen molar-refractivity contribution in [1.82, 2.24) is 9.21 Å². The summed E-state index contributed by atoms with van der Waals surface area (Å²) in [6.07, 6.45) is 3.16. The molecule has 0 unspecified atom stereocenters. The first-order valence-corrected chi connectivity index (χ1v) is 13.0. The summed E-state index contributed by atoms with van der Waals surface area (Å²) in [6.45, 7) is 0.754. The molecule has 5 nitrogen and oxygen atoms in total. The average molecular weight is 467 g/mol. The summed E-state index contributed by atoms with van der Waals surface area (Å²) < 4.78 is 27.5. The van der Waals surface area contributed by atoms with Crippen molar-refractivity contribution in [3.8, 4) is 0 Å². The molecule has 3 aromatic rings. The van der Waals surface area contributed by atoms with Crippen LogP contribution in [0.15, 0.2) is 83.6 Å². The van der Waals surface area contributed by atoms with E-state index >= 15 is 0 Å². The molecule has 166 valence electrons. The number of hydrogen-bond donors (Lipinski definition) is 0. The van der Waals surface area contributed by atoms with E-state index in [1.165, 1.54) is 9.71 Å². The normalized spacial score (nSPS) is 14.2. The minimum absolute atomic E-state index is 0.107. The summed E-state index contributed by atoms with van der Waals surface area (Å²) in [4.78, 5) is 16.1. The molecule has 0 atom stereocenters. The number of benzene rings is 2. The van der Waals surface area contributed by atoms with Crippen LogP contribution < -0.4 is 0 Å². The van der Waals surface area contributed by atoms with Gasteiger partial charge in [-0.3, -0.25) is 4.79 Å². The van der Waals surface area contributed by atoms with Crippen LogP contribution >= 0.6 is 11.3 Å². The lowest BCUT2D eigenvalue weighted by molar-refractivity contribution is -0.132. The third-order valence-corrected chi connectivity index (χ3v) is 7.72. The Bertz CT molecular complexity index is 1140. The van der Waals surface area contributed by atoms with E-state index in [4.69, 9.17) is 0 Å². The van der Waals surface area contributed by atoms with Crippen molar-refractivity contribution < 1.29 is 13.2 Å². The monoisotopic (exact) mass is 466 g/mol. The molecular weight excluding hydrogens is 440 g/mol. The van der Waals surface area contributed by atoms with Gasteiger partial charge in [-0.2, -0.15) is 4.31 Å². The molecule has 1 amide bonds. The molecule has 0 saturated heterocycles. The molecular formula is C25H26N2O3S2. The quantitative estimate of drug-likeness (QED) is 0.434. The topological polar surface area (TPSA) is 57.7 Å². The molecule has 0 spiro atoms.